The molecule has 0 radical (unpaired) electrons. The van der Waals surface area contributed by atoms with Gasteiger partial charge in [-0.2, -0.15) is 0 Å². The highest BCUT2D eigenvalue weighted by molar-refractivity contribution is 4.78. The van der Waals surface area contributed by atoms with Crippen molar-refractivity contribution in [3.05, 3.63) is 0 Å². The molecule has 0 aliphatic heterocycles. The minimum atomic E-state index is 0. The number of unbranched alkanes of at least 4 members (excludes halogenated alkanes) is 3. The summed E-state index contributed by atoms with van der Waals surface area (Å²) in [5.74, 6) is 0. The Balaban J connectivity index is 0. The van der Waals surface area contributed by atoms with Crippen LogP contribution in [0.2, 0.25) is 0 Å². The van der Waals surface area contributed by atoms with Gasteiger partial charge in [-0.25, -0.2) is 0 Å². The van der Waals surface area contributed by atoms with Gasteiger partial charge >= 0.3 is 0 Å². The maximum Gasteiger partial charge on any atom is 0.0487 e. The molecule has 0 unspecified atom stereocenters. The first-order chi connectivity index (χ1) is 7.24. The summed E-state index contributed by atoms with van der Waals surface area (Å²) in [7, 11) is 0. The molecule has 2 heteroatoms. The van der Waals surface area contributed by atoms with Gasteiger partial charge in [0.1, 0.15) is 0 Å². The van der Waals surface area contributed by atoms with Gasteiger partial charge in [-0.05, 0) is 24.7 Å². The van der Waals surface area contributed by atoms with Crippen LogP contribution in [0.25, 0.3) is 0 Å². The van der Waals surface area contributed by atoms with E-state index in [4.69, 9.17) is 0 Å². The summed E-state index contributed by atoms with van der Waals surface area (Å²) in [5.41, 5.74) is 0.252. The Morgan fingerprint density at radius 3 is 1.25 bits per heavy atom. The van der Waals surface area contributed by atoms with Crippen LogP contribution in [0, 0.1) is 5.41 Å². The molecular weight excluding hydrogens is 198 g/mol. The fourth-order valence-electron chi connectivity index (χ4n) is 2.27. The Bertz CT molecular complexity index is 115. The molecule has 16 heavy (non-hydrogen) atoms. The summed E-state index contributed by atoms with van der Waals surface area (Å²) in [6.45, 7) is 7.11. The van der Waals surface area contributed by atoms with Gasteiger partial charge in [0, 0.05) is 6.61 Å². The monoisotopic (exact) mass is 231 g/mol. The molecule has 0 rings (SSSR count). The van der Waals surface area contributed by atoms with Crippen molar-refractivity contribution in [2.24, 2.45) is 5.41 Å². The van der Waals surface area contributed by atoms with E-state index in [-0.39, 0.29) is 11.6 Å². The molecule has 2 nitrogen and oxygen atoms in total. The second-order valence-corrected chi connectivity index (χ2v) is 4.97. The van der Waals surface area contributed by atoms with Crippen LogP contribution in [0.4, 0.5) is 0 Å². The third-order valence-corrected chi connectivity index (χ3v) is 3.52. The Morgan fingerprint density at radius 1 is 0.750 bits per heavy atom. The second kappa shape index (κ2) is 11.4. The Labute approximate surface area is 102 Å². The molecule has 0 aromatic rings. The Morgan fingerprint density at radius 2 is 1.06 bits per heavy atom. The summed E-state index contributed by atoms with van der Waals surface area (Å²) < 4.78 is 0. The number of aliphatic hydroxyl groups is 1. The van der Waals surface area contributed by atoms with Crippen molar-refractivity contribution >= 4 is 0 Å². The smallest absolute Gasteiger partial charge is 0.0487 e. The highest BCUT2D eigenvalue weighted by Gasteiger charge is 2.27. The van der Waals surface area contributed by atoms with Gasteiger partial charge in [-0.15, -0.1) is 0 Å². The van der Waals surface area contributed by atoms with E-state index in [2.05, 4.69) is 20.8 Å². The van der Waals surface area contributed by atoms with E-state index in [0.29, 0.717) is 6.61 Å². The molecule has 4 N–H and O–H groups in total. The molecule has 0 atom stereocenters. The number of hydrogen-bond donors (Lipinski definition) is 2. The summed E-state index contributed by atoms with van der Waals surface area (Å²) in [6, 6.07) is 0. The lowest BCUT2D eigenvalue weighted by Crippen LogP contribution is -2.25. The molecule has 0 heterocycles. The van der Waals surface area contributed by atoms with Crippen molar-refractivity contribution in [3.63, 3.8) is 0 Å². The largest absolute Gasteiger partial charge is 0.396 e. The zero-order valence-corrected chi connectivity index (χ0v) is 11.7. The predicted octanol–water partition coefficient (Wildman–Crippen LogP) is 4.70. The first-order valence-electron chi connectivity index (χ1n) is 6.85. The van der Waals surface area contributed by atoms with E-state index in [9.17, 15) is 5.11 Å². The average Bonchev–Trinajstić information content (AvgIpc) is 2.29. The van der Waals surface area contributed by atoms with Crippen LogP contribution in [0.1, 0.15) is 78.6 Å². The molecule has 0 saturated heterocycles. The van der Waals surface area contributed by atoms with Crippen LogP contribution < -0.4 is 6.15 Å². The Hall–Kier alpha value is -0.0800. The third-order valence-electron chi connectivity index (χ3n) is 3.52. The fourth-order valence-corrected chi connectivity index (χ4v) is 2.27. The second-order valence-electron chi connectivity index (χ2n) is 4.97. The van der Waals surface area contributed by atoms with Gasteiger partial charge in [0.15, 0.2) is 0 Å². The topological polar surface area (TPSA) is 55.2 Å². The molecule has 100 valence electrons. The van der Waals surface area contributed by atoms with E-state index < -0.39 is 0 Å². The lowest BCUT2D eigenvalue weighted by molar-refractivity contribution is 0.0875. The summed E-state index contributed by atoms with van der Waals surface area (Å²) in [6.07, 6.45) is 11.2. The van der Waals surface area contributed by atoms with Crippen LogP contribution in [-0.4, -0.2) is 11.7 Å². The first-order valence-corrected chi connectivity index (χ1v) is 6.85. The zero-order valence-electron chi connectivity index (χ0n) is 11.7. The molecular formula is C14H33NO. The van der Waals surface area contributed by atoms with Gasteiger partial charge in [-0.1, -0.05) is 59.3 Å². The molecule has 0 aromatic heterocycles. The molecule has 0 spiro atoms. The van der Waals surface area contributed by atoms with E-state index in [0.717, 1.165) is 0 Å². The zero-order chi connectivity index (χ0) is 11.6. The van der Waals surface area contributed by atoms with Crippen LogP contribution in [0.3, 0.4) is 0 Å². The summed E-state index contributed by atoms with van der Waals surface area (Å²) in [5, 5.41) is 9.66. The maximum atomic E-state index is 9.66. The molecule has 0 fully saturated rings. The molecule has 0 aliphatic rings. The third kappa shape index (κ3) is 7.24. The predicted molar refractivity (Wildman–Crippen MR) is 73.1 cm³/mol. The van der Waals surface area contributed by atoms with Gasteiger partial charge in [-0.3, -0.25) is 0 Å². The normalized spacial score (nSPS) is 11.2. The van der Waals surface area contributed by atoms with Crippen molar-refractivity contribution in [2.45, 2.75) is 78.6 Å². The van der Waals surface area contributed by atoms with Gasteiger partial charge in [0.25, 0.3) is 0 Å². The van der Waals surface area contributed by atoms with E-state index in [1.165, 1.54) is 57.8 Å². The first kappa shape index (κ1) is 18.3. The fraction of sp³-hybridized carbons (Fsp3) is 1.00. The van der Waals surface area contributed by atoms with E-state index >= 15 is 0 Å². The quantitative estimate of drug-likeness (QED) is 0.572. The molecule has 0 amide bonds. The Kier molecular flexibility index (Phi) is 13.0. The number of hydrogen-bond acceptors (Lipinski definition) is 2. The van der Waals surface area contributed by atoms with Crippen molar-refractivity contribution < 1.29 is 5.11 Å². The van der Waals surface area contributed by atoms with Crippen LogP contribution in [-0.2, 0) is 0 Å². The lowest BCUT2D eigenvalue weighted by atomic mass is 9.75. The van der Waals surface area contributed by atoms with Crippen molar-refractivity contribution in [1.82, 2.24) is 6.15 Å². The lowest BCUT2D eigenvalue weighted by Gasteiger charge is -2.32. The van der Waals surface area contributed by atoms with Gasteiger partial charge in [0.2, 0.25) is 0 Å². The van der Waals surface area contributed by atoms with Crippen molar-refractivity contribution in [1.29, 1.82) is 0 Å². The van der Waals surface area contributed by atoms with Gasteiger partial charge in [0.05, 0.1) is 0 Å². The summed E-state index contributed by atoms with van der Waals surface area (Å²) in [4.78, 5) is 0. The molecule has 0 bridgehead atoms. The number of aliphatic hydroxyl groups excluding tert-OH is 1. The SMILES string of the molecule is CCCCC(CO)(CCCC)CCCC.N. The van der Waals surface area contributed by atoms with E-state index in [1.807, 2.05) is 0 Å². The number of rotatable bonds is 10. The average molecular weight is 231 g/mol. The van der Waals surface area contributed by atoms with Crippen LogP contribution in [0.15, 0.2) is 0 Å². The van der Waals surface area contributed by atoms with Gasteiger partial charge < -0.3 is 11.3 Å². The van der Waals surface area contributed by atoms with Crippen molar-refractivity contribution in [3.8, 4) is 0 Å². The molecule has 0 aliphatic carbocycles. The van der Waals surface area contributed by atoms with E-state index in [1.54, 1.807) is 0 Å². The minimum Gasteiger partial charge on any atom is -0.396 e. The van der Waals surface area contributed by atoms with Crippen molar-refractivity contribution in [2.75, 3.05) is 6.61 Å². The standard InChI is InChI=1S/C14H30O.H3N/c1-4-7-10-14(13-15,11-8-5-2)12-9-6-3;/h15H,4-13H2,1-3H3;1H3. The highest BCUT2D eigenvalue weighted by Crippen LogP contribution is 2.35. The van der Waals surface area contributed by atoms with Crippen LogP contribution >= 0.6 is 0 Å². The van der Waals surface area contributed by atoms with Crippen LogP contribution in [0.5, 0.6) is 0 Å². The highest BCUT2D eigenvalue weighted by atomic mass is 16.3. The molecule has 0 aromatic carbocycles. The summed E-state index contributed by atoms with van der Waals surface area (Å²) >= 11 is 0. The maximum absolute atomic E-state index is 9.66. The minimum absolute atomic E-state index is 0. The molecule has 0 saturated carbocycles.